The molecule has 3 N–H and O–H groups in total. The molecule has 0 aliphatic heterocycles. The molecule has 1 aromatic carbocycles. The number of nitrogens with one attached hydrogen (secondary N) is 1. The summed E-state index contributed by atoms with van der Waals surface area (Å²) in [7, 11) is 0. The first-order valence-corrected chi connectivity index (χ1v) is 8.36. The highest BCUT2D eigenvalue weighted by atomic mass is 79.9. The highest BCUT2D eigenvalue weighted by molar-refractivity contribution is 9.10. The summed E-state index contributed by atoms with van der Waals surface area (Å²) in [6.45, 7) is 4.83. The molecule has 3 nitrogen and oxygen atoms in total. The van der Waals surface area contributed by atoms with Crippen LogP contribution in [0.1, 0.15) is 51.1 Å². The number of nitrogens with two attached hydrogens (primary N) is 1. The van der Waals surface area contributed by atoms with Crippen molar-refractivity contribution in [2.24, 2.45) is 11.8 Å². The summed E-state index contributed by atoms with van der Waals surface area (Å²) in [5, 5.41) is 0. The fourth-order valence-electron chi connectivity index (χ4n) is 3.32. The number of hydrazine groups is 1. The van der Waals surface area contributed by atoms with Crippen molar-refractivity contribution in [3.8, 4) is 0 Å². The Labute approximate surface area is 134 Å². The molecule has 1 aliphatic carbocycles. The van der Waals surface area contributed by atoms with Crippen molar-refractivity contribution in [1.82, 2.24) is 5.43 Å². The summed E-state index contributed by atoms with van der Waals surface area (Å²) < 4.78 is 21.2. The van der Waals surface area contributed by atoms with Gasteiger partial charge < -0.3 is 4.74 Å². The van der Waals surface area contributed by atoms with Gasteiger partial charge in [0.05, 0.1) is 11.6 Å². The van der Waals surface area contributed by atoms with Gasteiger partial charge in [-0.1, -0.05) is 22.9 Å². The van der Waals surface area contributed by atoms with Gasteiger partial charge >= 0.3 is 0 Å². The second-order valence-electron chi connectivity index (χ2n) is 5.95. The van der Waals surface area contributed by atoms with Gasteiger partial charge in [-0.2, -0.15) is 0 Å². The summed E-state index contributed by atoms with van der Waals surface area (Å²) in [6, 6.07) is 4.61. The van der Waals surface area contributed by atoms with Crippen molar-refractivity contribution in [3.05, 3.63) is 34.1 Å². The van der Waals surface area contributed by atoms with Gasteiger partial charge in [0.1, 0.15) is 5.82 Å². The van der Waals surface area contributed by atoms with Gasteiger partial charge in [0.25, 0.3) is 0 Å². The molecular formula is C16H24BrFN2O. The largest absolute Gasteiger partial charge is 0.373 e. The number of hydrogen-bond donors (Lipinski definition) is 2. The molecule has 5 heteroatoms. The Morgan fingerprint density at radius 3 is 2.71 bits per heavy atom. The predicted octanol–water partition coefficient (Wildman–Crippen LogP) is 4.08. The quantitative estimate of drug-likeness (QED) is 0.615. The molecule has 1 aromatic rings. The summed E-state index contributed by atoms with van der Waals surface area (Å²) in [5.41, 5.74) is 2.94. The highest BCUT2D eigenvalue weighted by Crippen LogP contribution is 2.43. The van der Waals surface area contributed by atoms with Crippen molar-refractivity contribution < 1.29 is 9.13 Å². The molecule has 0 bridgehead atoms. The molecular weight excluding hydrogens is 335 g/mol. The van der Waals surface area contributed by atoms with Crippen LogP contribution in [0.15, 0.2) is 22.7 Å². The smallest absolute Gasteiger partial charge is 0.128 e. The van der Waals surface area contributed by atoms with Crippen LogP contribution in [0.5, 0.6) is 0 Å². The molecule has 1 fully saturated rings. The van der Waals surface area contributed by atoms with E-state index in [0.717, 1.165) is 30.2 Å². The molecule has 0 heterocycles. The van der Waals surface area contributed by atoms with Crippen LogP contribution in [0.4, 0.5) is 4.39 Å². The topological polar surface area (TPSA) is 47.3 Å². The first-order chi connectivity index (χ1) is 10.0. The average molecular weight is 359 g/mol. The molecule has 1 saturated carbocycles. The number of ether oxygens (including phenoxy) is 1. The molecule has 1 aliphatic rings. The molecule has 118 valence electrons. The number of halogens is 2. The highest BCUT2D eigenvalue weighted by Gasteiger charge is 2.43. The van der Waals surface area contributed by atoms with Gasteiger partial charge in [0.2, 0.25) is 0 Å². The standard InChI is InChI=1S/C16H24BrFN2O/c1-3-21-16(8-6-11(2)7-9-16)15(20-19)13-10-12(17)4-5-14(13)18/h4-5,10-11,15,20H,3,6-9,19H2,1-2H3. The predicted molar refractivity (Wildman–Crippen MR) is 86.2 cm³/mol. The molecule has 21 heavy (non-hydrogen) atoms. The van der Waals surface area contributed by atoms with Crippen molar-refractivity contribution >= 4 is 15.9 Å². The van der Waals surface area contributed by atoms with E-state index in [0.29, 0.717) is 18.1 Å². The lowest BCUT2D eigenvalue weighted by Gasteiger charge is -2.44. The van der Waals surface area contributed by atoms with Gasteiger partial charge in [0, 0.05) is 16.6 Å². The number of hydrogen-bond acceptors (Lipinski definition) is 3. The normalized spacial score (nSPS) is 27.6. The van der Waals surface area contributed by atoms with Gasteiger partial charge in [-0.3, -0.25) is 5.84 Å². The van der Waals surface area contributed by atoms with E-state index in [9.17, 15) is 4.39 Å². The Kier molecular flexibility index (Phi) is 5.77. The zero-order valence-electron chi connectivity index (χ0n) is 12.7. The molecule has 0 aromatic heterocycles. The zero-order valence-corrected chi connectivity index (χ0v) is 14.2. The monoisotopic (exact) mass is 358 g/mol. The third-order valence-corrected chi connectivity index (χ3v) is 5.01. The Balaban J connectivity index is 2.38. The summed E-state index contributed by atoms with van der Waals surface area (Å²) in [4.78, 5) is 0. The Morgan fingerprint density at radius 1 is 1.48 bits per heavy atom. The van der Waals surface area contributed by atoms with Crippen LogP contribution in [0.2, 0.25) is 0 Å². The lowest BCUT2D eigenvalue weighted by molar-refractivity contribution is -0.0983. The van der Waals surface area contributed by atoms with E-state index < -0.39 is 5.60 Å². The van der Waals surface area contributed by atoms with Crippen LogP contribution in [0.25, 0.3) is 0 Å². The minimum atomic E-state index is -0.433. The van der Waals surface area contributed by atoms with Crippen LogP contribution >= 0.6 is 15.9 Å². The van der Waals surface area contributed by atoms with Crippen molar-refractivity contribution in [2.45, 2.75) is 51.2 Å². The van der Waals surface area contributed by atoms with Gasteiger partial charge in [-0.15, -0.1) is 0 Å². The Morgan fingerprint density at radius 2 is 2.14 bits per heavy atom. The van der Waals surface area contributed by atoms with Gasteiger partial charge in [-0.05, 0) is 56.7 Å². The maximum atomic E-state index is 14.3. The fourth-order valence-corrected chi connectivity index (χ4v) is 3.69. The van der Waals surface area contributed by atoms with E-state index in [4.69, 9.17) is 10.6 Å². The third kappa shape index (κ3) is 3.65. The fraction of sp³-hybridized carbons (Fsp3) is 0.625. The van der Waals surface area contributed by atoms with Crippen LogP contribution < -0.4 is 11.3 Å². The lowest BCUT2D eigenvalue weighted by atomic mass is 9.73. The van der Waals surface area contributed by atoms with Gasteiger partial charge in [0.15, 0.2) is 0 Å². The Hall–Kier alpha value is -0.490. The average Bonchev–Trinajstić information content (AvgIpc) is 2.47. The first-order valence-electron chi connectivity index (χ1n) is 7.57. The lowest BCUT2D eigenvalue weighted by Crippen LogP contribution is -2.50. The SMILES string of the molecule is CCOC1(C(NN)c2cc(Br)ccc2F)CCC(C)CC1. The van der Waals surface area contributed by atoms with Crippen molar-refractivity contribution in [3.63, 3.8) is 0 Å². The van der Waals surface area contributed by atoms with E-state index in [1.807, 2.05) is 6.92 Å². The first kappa shape index (κ1) is 16.9. The number of benzene rings is 1. The van der Waals surface area contributed by atoms with Crippen LogP contribution in [-0.2, 0) is 4.74 Å². The van der Waals surface area contributed by atoms with Crippen molar-refractivity contribution in [1.29, 1.82) is 0 Å². The third-order valence-electron chi connectivity index (χ3n) is 4.51. The zero-order chi connectivity index (χ0) is 15.5. The molecule has 0 radical (unpaired) electrons. The molecule has 1 unspecified atom stereocenters. The molecule has 0 amide bonds. The van der Waals surface area contributed by atoms with Crippen LogP contribution in [0, 0.1) is 11.7 Å². The maximum absolute atomic E-state index is 14.3. The molecule has 1 atom stereocenters. The minimum absolute atomic E-state index is 0.251. The van der Waals surface area contributed by atoms with E-state index in [1.165, 1.54) is 6.07 Å². The van der Waals surface area contributed by atoms with E-state index in [1.54, 1.807) is 12.1 Å². The van der Waals surface area contributed by atoms with Crippen LogP contribution in [-0.4, -0.2) is 12.2 Å². The van der Waals surface area contributed by atoms with Crippen LogP contribution in [0.3, 0.4) is 0 Å². The van der Waals surface area contributed by atoms with Gasteiger partial charge in [-0.25, -0.2) is 9.82 Å². The molecule has 0 spiro atoms. The second-order valence-corrected chi connectivity index (χ2v) is 6.86. The van der Waals surface area contributed by atoms with E-state index >= 15 is 0 Å². The summed E-state index contributed by atoms with van der Waals surface area (Å²) >= 11 is 3.41. The maximum Gasteiger partial charge on any atom is 0.128 e. The Bertz CT molecular complexity index is 475. The molecule has 0 saturated heterocycles. The molecule has 2 rings (SSSR count). The summed E-state index contributed by atoms with van der Waals surface area (Å²) in [5.74, 6) is 6.23. The van der Waals surface area contributed by atoms with Crippen molar-refractivity contribution in [2.75, 3.05) is 6.61 Å². The number of rotatable bonds is 5. The minimum Gasteiger partial charge on any atom is -0.373 e. The second kappa shape index (κ2) is 7.18. The van der Waals surface area contributed by atoms with E-state index in [-0.39, 0.29) is 11.9 Å². The van der Waals surface area contributed by atoms with E-state index in [2.05, 4.69) is 28.3 Å². The summed E-state index contributed by atoms with van der Waals surface area (Å²) in [6.07, 6.45) is 3.94.